The van der Waals surface area contributed by atoms with Crippen LogP contribution in [0.25, 0.3) is 0 Å². The number of hydrogen-bond acceptors (Lipinski definition) is 3. The third-order valence-electron chi connectivity index (χ3n) is 2.64. The van der Waals surface area contributed by atoms with Crippen LogP contribution in [0.2, 0.25) is 0 Å². The predicted octanol–water partition coefficient (Wildman–Crippen LogP) is 1.01. The van der Waals surface area contributed by atoms with Crippen LogP contribution in [0.3, 0.4) is 0 Å². The zero-order chi connectivity index (χ0) is 13.6. The summed E-state index contributed by atoms with van der Waals surface area (Å²) in [6.07, 6.45) is 1.11. The van der Waals surface area contributed by atoms with E-state index in [9.17, 15) is 13.2 Å². The average molecular weight is 271 g/mol. The molecule has 0 heterocycles. The molecular formula is C12H17NO4S. The van der Waals surface area contributed by atoms with Crippen LogP contribution in [0.5, 0.6) is 0 Å². The number of sulfonamides is 1. The first-order valence-electron chi connectivity index (χ1n) is 5.66. The van der Waals surface area contributed by atoms with E-state index < -0.39 is 27.8 Å². The molecule has 6 heteroatoms. The highest BCUT2D eigenvalue weighted by Gasteiger charge is 2.20. The zero-order valence-electron chi connectivity index (χ0n) is 10.2. The fourth-order valence-corrected chi connectivity index (χ4v) is 2.51. The van der Waals surface area contributed by atoms with Gasteiger partial charge in [-0.3, -0.25) is 4.79 Å². The van der Waals surface area contributed by atoms with Gasteiger partial charge in [-0.2, -0.15) is 0 Å². The Morgan fingerprint density at radius 2 is 1.94 bits per heavy atom. The summed E-state index contributed by atoms with van der Waals surface area (Å²) >= 11 is 0. The first-order valence-corrected chi connectivity index (χ1v) is 7.20. The fourth-order valence-electron chi connectivity index (χ4n) is 1.47. The van der Waals surface area contributed by atoms with Gasteiger partial charge in [-0.15, -0.1) is 0 Å². The van der Waals surface area contributed by atoms with E-state index in [2.05, 4.69) is 4.72 Å². The lowest BCUT2D eigenvalue weighted by Crippen LogP contribution is -2.36. The predicted molar refractivity (Wildman–Crippen MR) is 68.8 cm³/mol. The lowest BCUT2D eigenvalue weighted by Gasteiger charge is -2.12. The maximum Gasteiger partial charge on any atom is 0.318 e. The highest BCUT2D eigenvalue weighted by molar-refractivity contribution is 7.90. The lowest BCUT2D eigenvalue weighted by atomic mass is 10.1. The van der Waals surface area contributed by atoms with E-state index in [4.69, 9.17) is 5.11 Å². The molecule has 0 saturated carbocycles. The molecule has 1 aromatic carbocycles. The number of aliphatic carboxylic acids is 1. The minimum Gasteiger partial charge on any atom is -0.480 e. The molecule has 1 atom stereocenters. The summed E-state index contributed by atoms with van der Waals surface area (Å²) in [4.78, 5) is 10.3. The second kappa shape index (κ2) is 6.51. The summed E-state index contributed by atoms with van der Waals surface area (Å²) < 4.78 is 25.4. The normalized spacial score (nSPS) is 13.2. The third-order valence-corrected chi connectivity index (χ3v) is 4.48. The van der Waals surface area contributed by atoms with Crippen molar-refractivity contribution < 1.29 is 18.3 Å². The van der Waals surface area contributed by atoms with Crippen molar-refractivity contribution in [2.24, 2.45) is 0 Å². The number of hydrogen-bond donors (Lipinski definition) is 2. The summed E-state index contributed by atoms with van der Waals surface area (Å²) in [7, 11) is -3.56. The van der Waals surface area contributed by atoms with Crippen LogP contribution in [0.1, 0.15) is 18.9 Å². The fraction of sp³-hybridized carbons (Fsp3) is 0.417. The lowest BCUT2D eigenvalue weighted by molar-refractivity contribution is -0.135. The van der Waals surface area contributed by atoms with Gasteiger partial charge in [-0.1, -0.05) is 30.3 Å². The number of benzene rings is 1. The zero-order valence-corrected chi connectivity index (χ0v) is 11.0. The molecule has 0 bridgehead atoms. The van der Waals surface area contributed by atoms with E-state index in [1.54, 1.807) is 6.92 Å². The van der Waals surface area contributed by atoms with Crippen molar-refractivity contribution in [1.29, 1.82) is 0 Å². The molecule has 0 fully saturated rings. The van der Waals surface area contributed by atoms with Gasteiger partial charge >= 0.3 is 5.97 Å². The van der Waals surface area contributed by atoms with Crippen molar-refractivity contribution in [3.63, 3.8) is 0 Å². The number of rotatable bonds is 7. The maximum atomic E-state index is 11.7. The highest BCUT2D eigenvalue weighted by Crippen LogP contribution is 2.09. The van der Waals surface area contributed by atoms with Crippen LogP contribution in [0.15, 0.2) is 30.3 Å². The summed E-state index contributed by atoms with van der Waals surface area (Å²) in [5, 5.41) is 7.83. The Hall–Kier alpha value is -1.40. The van der Waals surface area contributed by atoms with Crippen molar-refractivity contribution in [1.82, 2.24) is 4.72 Å². The molecule has 0 aliphatic carbocycles. The third kappa shape index (κ3) is 4.85. The molecule has 0 spiro atoms. The molecule has 1 rings (SSSR count). The number of nitrogens with one attached hydrogen (secondary N) is 1. The van der Waals surface area contributed by atoms with Crippen molar-refractivity contribution in [2.75, 3.05) is 6.54 Å². The van der Waals surface area contributed by atoms with E-state index in [1.807, 2.05) is 30.3 Å². The van der Waals surface area contributed by atoms with Gasteiger partial charge in [-0.25, -0.2) is 13.1 Å². The van der Waals surface area contributed by atoms with E-state index in [1.165, 1.54) is 0 Å². The van der Waals surface area contributed by atoms with Gasteiger partial charge < -0.3 is 5.11 Å². The molecule has 0 aromatic heterocycles. The standard InChI is InChI=1S/C12H17NO4S/c1-10(18(16,17)13-9-12(14)15)7-8-11-5-3-2-4-6-11/h2-6,10,13H,7-9H2,1H3,(H,14,15). The Bertz CT molecular complexity index is 484. The van der Waals surface area contributed by atoms with E-state index in [-0.39, 0.29) is 0 Å². The average Bonchev–Trinajstić information content (AvgIpc) is 2.35. The summed E-state index contributed by atoms with van der Waals surface area (Å²) in [5.41, 5.74) is 1.07. The highest BCUT2D eigenvalue weighted by atomic mass is 32.2. The number of carboxylic acids is 1. The molecule has 2 N–H and O–H groups in total. The molecule has 0 aliphatic heterocycles. The Kier molecular flexibility index (Phi) is 5.30. The van der Waals surface area contributed by atoms with Crippen molar-refractivity contribution in [2.45, 2.75) is 25.0 Å². The largest absolute Gasteiger partial charge is 0.480 e. The molecule has 0 radical (unpaired) electrons. The van der Waals surface area contributed by atoms with Crippen LogP contribution in [0.4, 0.5) is 0 Å². The number of aryl methyl sites for hydroxylation is 1. The van der Waals surface area contributed by atoms with Crippen LogP contribution >= 0.6 is 0 Å². The van der Waals surface area contributed by atoms with Gasteiger partial charge in [0, 0.05) is 0 Å². The van der Waals surface area contributed by atoms with E-state index >= 15 is 0 Å². The van der Waals surface area contributed by atoms with Gasteiger partial charge in [0.05, 0.1) is 5.25 Å². The second-order valence-electron chi connectivity index (χ2n) is 4.09. The molecule has 1 unspecified atom stereocenters. The smallest absolute Gasteiger partial charge is 0.318 e. The quantitative estimate of drug-likeness (QED) is 0.775. The molecule has 18 heavy (non-hydrogen) atoms. The summed E-state index contributed by atoms with van der Waals surface area (Å²) in [6.45, 7) is 1.01. The van der Waals surface area contributed by atoms with E-state index in [0.29, 0.717) is 12.8 Å². The molecule has 0 aliphatic rings. The summed E-state index contributed by atoms with van der Waals surface area (Å²) in [5.74, 6) is -1.19. The molecule has 0 saturated heterocycles. The molecular weight excluding hydrogens is 254 g/mol. The van der Waals surface area contributed by atoms with Crippen molar-refractivity contribution >= 4 is 16.0 Å². The van der Waals surface area contributed by atoms with Gasteiger partial charge in [0.25, 0.3) is 0 Å². The van der Waals surface area contributed by atoms with Gasteiger partial charge in [0.2, 0.25) is 10.0 Å². The van der Waals surface area contributed by atoms with Crippen molar-refractivity contribution in [3.8, 4) is 0 Å². The maximum absolute atomic E-state index is 11.7. The molecule has 0 amide bonds. The Balaban J connectivity index is 2.49. The SMILES string of the molecule is CC(CCc1ccccc1)S(=O)(=O)NCC(=O)O. The van der Waals surface area contributed by atoms with E-state index in [0.717, 1.165) is 5.56 Å². The first kappa shape index (κ1) is 14.7. The van der Waals surface area contributed by atoms with Crippen molar-refractivity contribution in [3.05, 3.63) is 35.9 Å². The van der Waals surface area contributed by atoms with Crippen LogP contribution in [0, 0.1) is 0 Å². The molecule has 100 valence electrons. The molecule has 1 aromatic rings. The van der Waals surface area contributed by atoms with Gasteiger partial charge in [-0.05, 0) is 25.3 Å². The first-order chi connectivity index (χ1) is 8.42. The Morgan fingerprint density at radius 1 is 1.33 bits per heavy atom. The van der Waals surface area contributed by atoms with Crippen LogP contribution < -0.4 is 4.72 Å². The monoisotopic (exact) mass is 271 g/mol. The molecule has 5 nitrogen and oxygen atoms in total. The van der Waals surface area contributed by atoms with Gasteiger partial charge in [0.1, 0.15) is 6.54 Å². The second-order valence-corrected chi connectivity index (χ2v) is 6.28. The summed E-state index contributed by atoms with van der Waals surface area (Å²) in [6, 6.07) is 9.57. The Morgan fingerprint density at radius 3 is 2.50 bits per heavy atom. The van der Waals surface area contributed by atoms with Crippen LogP contribution in [-0.2, 0) is 21.2 Å². The number of carbonyl (C=O) groups is 1. The topological polar surface area (TPSA) is 83.5 Å². The Labute approximate surface area is 107 Å². The number of carboxylic acid groups (broad SMARTS) is 1. The minimum atomic E-state index is -3.56. The van der Waals surface area contributed by atoms with Crippen LogP contribution in [-0.4, -0.2) is 31.3 Å². The minimum absolute atomic E-state index is 0.457. The van der Waals surface area contributed by atoms with Gasteiger partial charge in [0.15, 0.2) is 0 Å².